The molecule has 0 aliphatic carbocycles. The Kier molecular flexibility index (Phi) is 3.93. The van der Waals surface area contributed by atoms with Gasteiger partial charge in [-0.1, -0.05) is 12.1 Å². The van der Waals surface area contributed by atoms with Gasteiger partial charge in [-0.25, -0.2) is 13.2 Å². The predicted molar refractivity (Wildman–Crippen MR) is 76.2 cm³/mol. The largest absolute Gasteiger partial charge is 0.477 e. The lowest BCUT2D eigenvalue weighted by Crippen LogP contribution is -2.12. The zero-order valence-electron chi connectivity index (χ0n) is 9.33. The minimum absolute atomic E-state index is 0.0739. The molecule has 2 aromatic rings. The van der Waals surface area contributed by atoms with E-state index in [4.69, 9.17) is 5.11 Å². The number of nitrogens with one attached hydrogen (secondary N) is 1. The molecule has 0 aliphatic heterocycles. The van der Waals surface area contributed by atoms with E-state index in [9.17, 15) is 13.2 Å². The van der Waals surface area contributed by atoms with Crippen molar-refractivity contribution in [2.75, 3.05) is 4.72 Å². The highest BCUT2D eigenvalue weighted by Crippen LogP contribution is 2.27. The second-order valence-corrected chi connectivity index (χ2v) is 7.09. The predicted octanol–water partition coefficient (Wildman–Crippen LogP) is 3.01. The molecule has 0 bridgehead atoms. The summed E-state index contributed by atoms with van der Waals surface area (Å²) in [6.45, 7) is 0. The number of carboxylic acids is 1. The van der Waals surface area contributed by atoms with Crippen LogP contribution >= 0.6 is 27.3 Å². The molecule has 0 unspecified atom stereocenters. The van der Waals surface area contributed by atoms with E-state index in [-0.39, 0.29) is 14.8 Å². The maximum Gasteiger partial charge on any atom is 0.345 e. The molecule has 5 nitrogen and oxygen atoms in total. The molecule has 2 N–H and O–H groups in total. The molecule has 0 atom stereocenters. The van der Waals surface area contributed by atoms with E-state index in [2.05, 4.69) is 20.7 Å². The molecule has 100 valence electrons. The number of rotatable bonds is 4. The number of halogens is 1. The Morgan fingerprint density at radius 2 is 1.89 bits per heavy atom. The van der Waals surface area contributed by atoms with Crippen molar-refractivity contribution >= 4 is 48.3 Å². The van der Waals surface area contributed by atoms with Crippen molar-refractivity contribution in [1.82, 2.24) is 0 Å². The second-order valence-electron chi connectivity index (χ2n) is 3.50. The minimum atomic E-state index is -3.74. The molecule has 0 saturated heterocycles. The first-order valence-corrected chi connectivity index (χ1v) is 8.10. The normalized spacial score (nSPS) is 11.2. The van der Waals surface area contributed by atoms with Gasteiger partial charge in [0.25, 0.3) is 10.0 Å². The van der Waals surface area contributed by atoms with E-state index >= 15 is 0 Å². The number of carboxylic acid groups (broad SMARTS) is 1. The van der Waals surface area contributed by atoms with Gasteiger partial charge < -0.3 is 5.11 Å². The van der Waals surface area contributed by atoms with Gasteiger partial charge >= 0.3 is 5.97 Å². The third kappa shape index (κ3) is 3.14. The number of aromatic carboxylic acids is 1. The van der Waals surface area contributed by atoms with Crippen LogP contribution in [0.25, 0.3) is 0 Å². The Balaban J connectivity index is 2.31. The van der Waals surface area contributed by atoms with Crippen LogP contribution in [0.3, 0.4) is 0 Å². The summed E-state index contributed by atoms with van der Waals surface area (Å²) >= 11 is 4.03. The van der Waals surface area contributed by atoms with Gasteiger partial charge in [0, 0.05) is 4.47 Å². The average molecular weight is 362 g/mol. The van der Waals surface area contributed by atoms with Crippen molar-refractivity contribution < 1.29 is 18.3 Å². The van der Waals surface area contributed by atoms with Crippen LogP contribution in [-0.2, 0) is 10.0 Å². The van der Waals surface area contributed by atoms with Crippen molar-refractivity contribution in [2.45, 2.75) is 4.90 Å². The third-order valence-electron chi connectivity index (χ3n) is 2.18. The third-order valence-corrected chi connectivity index (χ3v) is 5.67. The van der Waals surface area contributed by atoms with Gasteiger partial charge in [-0.15, -0.1) is 11.3 Å². The second kappa shape index (κ2) is 5.32. The molecule has 1 aromatic carbocycles. The van der Waals surface area contributed by atoms with Crippen molar-refractivity contribution in [2.24, 2.45) is 0 Å². The summed E-state index contributed by atoms with van der Waals surface area (Å²) in [6, 6.07) is 9.16. The first-order chi connectivity index (χ1) is 8.90. The van der Waals surface area contributed by atoms with Crippen LogP contribution in [0.4, 0.5) is 5.00 Å². The van der Waals surface area contributed by atoms with E-state index in [1.807, 2.05) is 0 Å². The summed E-state index contributed by atoms with van der Waals surface area (Å²) in [6.07, 6.45) is 0. The molecule has 0 amide bonds. The van der Waals surface area contributed by atoms with Crippen molar-refractivity contribution in [1.29, 1.82) is 0 Å². The molecule has 0 radical (unpaired) electrons. The maximum absolute atomic E-state index is 12.1. The molecular formula is C11H8BrNO4S2. The van der Waals surface area contributed by atoms with Gasteiger partial charge in [0.05, 0.1) is 0 Å². The Labute approximate surface area is 122 Å². The summed E-state index contributed by atoms with van der Waals surface area (Å²) in [5.41, 5.74) is 0. The fourth-order valence-electron chi connectivity index (χ4n) is 1.36. The monoisotopic (exact) mass is 361 g/mol. The Morgan fingerprint density at radius 3 is 2.47 bits per heavy atom. The highest BCUT2D eigenvalue weighted by molar-refractivity contribution is 9.10. The van der Waals surface area contributed by atoms with Gasteiger partial charge in [-0.3, -0.25) is 4.72 Å². The number of anilines is 1. The van der Waals surface area contributed by atoms with Crippen molar-refractivity contribution in [3.8, 4) is 0 Å². The standard InChI is InChI=1S/C11H8BrNO4S2/c12-7-3-1-2-4-9(7)19(16,17)13-10-6-5-8(18-10)11(14)15/h1-6,13H,(H,14,15). The van der Waals surface area contributed by atoms with Crippen LogP contribution in [0, 0.1) is 0 Å². The first kappa shape index (κ1) is 14.0. The van der Waals surface area contributed by atoms with Gasteiger partial charge in [-0.2, -0.15) is 0 Å². The lowest BCUT2D eigenvalue weighted by molar-refractivity contribution is 0.0702. The average Bonchev–Trinajstić information content (AvgIpc) is 2.77. The Bertz CT molecular complexity index is 724. The molecule has 1 heterocycles. The number of hydrogen-bond acceptors (Lipinski definition) is 4. The van der Waals surface area contributed by atoms with Crippen molar-refractivity contribution in [3.05, 3.63) is 45.7 Å². The lowest BCUT2D eigenvalue weighted by Gasteiger charge is -2.07. The number of hydrogen-bond donors (Lipinski definition) is 2. The van der Waals surface area contributed by atoms with E-state index < -0.39 is 16.0 Å². The molecule has 19 heavy (non-hydrogen) atoms. The molecule has 0 saturated carbocycles. The first-order valence-electron chi connectivity index (χ1n) is 5.00. The van der Waals surface area contributed by atoms with Crippen LogP contribution < -0.4 is 4.72 Å². The molecule has 0 spiro atoms. The minimum Gasteiger partial charge on any atom is -0.477 e. The van der Waals surface area contributed by atoms with Crippen LogP contribution in [-0.4, -0.2) is 19.5 Å². The topological polar surface area (TPSA) is 83.5 Å². The summed E-state index contributed by atoms with van der Waals surface area (Å²) in [4.78, 5) is 10.9. The van der Waals surface area contributed by atoms with Crippen LogP contribution in [0.2, 0.25) is 0 Å². The number of carbonyl (C=O) groups is 1. The van der Waals surface area contributed by atoms with Gasteiger partial charge in [0.15, 0.2) is 0 Å². The summed E-state index contributed by atoms with van der Waals surface area (Å²) in [5, 5.41) is 9.04. The Hall–Kier alpha value is -1.38. The SMILES string of the molecule is O=C(O)c1ccc(NS(=O)(=O)c2ccccc2Br)s1. The highest BCUT2D eigenvalue weighted by atomic mass is 79.9. The van der Waals surface area contributed by atoms with E-state index in [0.717, 1.165) is 11.3 Å². The molecule has 8 heteroatoms. The summed E-state index contributed by atoms with van der Waals surface area (Å²) in [7, 11) is -3.74. The van der Waals surface area contributed by atoms with Gasteiger partial charge in [0.2, 0.25) is 0 Å². The highest BCUT2D eigenvalue weighted by Gasteiger charge is 2.18. The molecule has 0 fully saturated rings. The zero-order valence-corrected chi connectivity index (χ0v) is 12.5. The number of thiophene rings is 1. The molecular weight excluding hydrogens is 354 g/mol. The quantitative estimate of drug-likeness (QED) is 0.876. The zero-order chi connectivity index (χ0) is 14.0. The summed E-state index contributed by atoms with van der Waals surface area (Å²) < 4.78 is 27.0. The number of benzene rings is 1. The molecule has 0 aliphatic rings. The number of sulfonamides is 1. The Morgan fingerprint density at radius 1 is 1.21 bits per heavy atom. The molecule has 2 rings (SSSR count). The van der Waals surface area contributed by atoms with E-state index in [0.29, 0.717) is 4.47 Å². The van der Waals surface area contributed by atoms with Gasteiger partial charge in [0.1, 0.15) is 14.8 Å². The maximum atomic E-state index is 12.1. The van der Waals surface area contributed by atoms with Crippen LogP contribution in [0.1, 0.15) is 9.67 Å². The lowest BCUT2D eigenvalue weighted by atomic mass is 10.4. The summed E-state index contributed by atoms with van der Waals surface area (Å²) in [5.74, 6) is -1.09. The van der Waals surface area contributed by atoms with Crippen LogP contribution in [0.15, 0.2) is 45.8 Å². The van der Waals surface area contributed by atoms with E-state index in [1.54, 1.807) is 18.2 Å². The van der Waals surface area contributed by atoms with Crippen molar-refractivity contribution in [3.63, 3.8) is 0 Å². The van der Waals surface area contributed by atoms with Gasteiger partial charge in [-0.05, 0) is 40.2 Å². The fraction of sp³-hybridized carbons (Fsp3) is 0. The molecule has 1 aromatic heterocycles. The smallest absolute Gasteiger partial charge is 0.345 e. The van der Waals surface area contributed by atoms with E-state index in [1.165, 1.54) is 18.2 Å². The van der Waals surface area contributed by atoms with Crippen LogP contribution in [0.5, 0.6) is 0 Å². The fourth-order valence-corrected chi connectivity index (χ4v) is 4.40.